The Morgan fingerprint density at radius 2 is 1.65 bits per heavy atom. The summed E-state index contributed by atoms with van der Waals surface area (Å²) in [5.41, 5.74) is -0.0426. The van der Waals surface area contributed by atoms with Crippen LogP contribution in [0.4, 0.5) is 5.69 Å². The highest BCUT2D eigenvalue weighted by Crippen LogP contribution is 2.24. The van der Waals surface area contributed by atoms with Gasteiger partial charge in [0.25, 0.3) is 14.7 Å². The molecule has 88 valence electrons. The summed E-state index contributed by atoms with van der Waals surface area (Å²) in [6.45, 7) is 0. The van der Waals surface area contributed by atoms with E-state index in [1.54, 1.807) is 0 Å². The molecule has 0 atom stereocenters. The first-order valence-corrected chi connectivity index (χ1v) is 6.82. The fourth-order valence-electron chi connectivity index (χ4n) is 1.48. The highest BCUT2D eigenvalue weighted by atomic mass is 35.7. The molecule has 5 nitrogen and oxygen atoms in total. The lowest BCUT2D eigenvalue weighted by Gasteiger charge is -2.00. The number of nitrogens with zero attached hydrogens (tertiary/aromatic N) is 1. The number of hydrogen-bond donors (Lipinski definition) is 0. The molecule has 0 aliphatic rings. The van der Waals surface area contributed by atoms with Crippen molar-refractivity contribution < 1.29 is 13.3 Å². The molecule has 0 amide bonds. The number of fused-ring (bicyclic) bond motifs is 1. The highest BCUT2D eigenvalue weighted by molar-refractivity contribution is 8.13. The van der Waals surface area contributed by atoms with Gasteiger partial charge in [0, 0.05) is 22.8 Å². The van der Waals surface area contributed by atoms with Crippen LogP contribution in [0.15, 0.2) is 41.3 Å². The van der Waals surface area contributed by atoms with Gasteiger partial charge in [-0.25, -0.2) is 8.42 Å². The smallest absolute Gasteiger partial charge is 0.258 e. The Morgan fingerprint density at radius 1 is 1.06 bits per heavy atom. The van der Waals surface area contributed by atoms with Gasteiger partial charge in [-0.3, -0.25) is 10.1 Å². The van der Waals surface area contributed by atoms with Gasteiger partial charge in [-0.15, -0.1) is 0 Å². The van der Waals surface area contributed by atoms with Crippen LogP contribution in [0.2, 0.25) is 0 Å². The minimum absolute atomic E-state index is 0.0273. The first-order chi connectivity index (χ1) is 7.88. The van der Waals surface area contributed by atoms with Crippen LogP contribution < -0.4 is 0 Å². The Hall–Kier alpha value is -1.66. The van der Waals surface area contributed by atoms with E-state index in [1.807, 2.05) is 0 Å². The topological polar surface area (TPSA) is 77.3 Å². The molecule has 0 N–H and O–H groups in total. The summed E-state index contributed by atoms with van der Waals surface area (Å²) >= 11 is 0. The summed E-state index contributed by atoms with van der Waals surface area (Å²) in [5.74, 6) is 0. The van der Waals surface area contributed by atoms with Crippen molar-refractivity contribution in [2.24, 2.45) is 0 Å². The molecule has 0 saturated heterocycles. The second kappa shape index (κ2) is 3.97. The van der Waals surface area contributed by atoms with E-state index in [-0.39, 0.29) is 10.6 Å². The van der Waals surface area contributed by atoms with Crippen molar-refractivity contribution in [1.29, 1.82) is 0 Å². The molecule has 2 rings (SSSR count). The minimum atomic E-state index is -3.78. The minimum Gasteiger partial charge on any atom is -0.258 e. The third-order valence-electron chi connectivity index (χ3n) is 2.29. The van der Waals surface area contributed by atoms with Gasteiger partial charge >= 0.3 is 0 Å². The molecule has 0 radical (unpaired) electrons. The lowest BCUT2D eigenvalue weighted by molar-refractivity contribution is -0.384. The van der Waals surface area contributed by atoms with Crippen LogP contribution in [0, 0.1) is 10.1 Å². The summed E-state index contributed by atoms with van der Waals surface area (Å²) in [6.07, 6.45) is 0. The number of non-ortho nitro benzene ring substituents is 1. The third-order valence-corrected chi connectivity index (χ3v) is 3.64. The fourth-order valence-corrected chi connectivity index (χ4v) is 2.26. The summed E-state index contributed by atoms with van der Waals surface area (Å²) in [6, 6.07) is 8.35. The third kappa shape index (κ3) is 2.37. The molecule has 0 aromatic heterocycles. The summed E-state index contributed by atoms with van der Waals surface area (Å²) in [4.78, 5) is 10.0. The summed E-state index contributed by atoms with van der Waals surface area (Å²) < 4.78 is 22.2. The zero-order valence-electron chi connectivity index (χ0n) is 8.33. The zero-order chi connectivity index (χ0) is 12.6. The second-order valence-corrected chi connectivity index (χ2v) is 5.95. The Balaban J connectivity index is 2.66. The van der Waals surface area contributed by atoms with Crippen LogP contribution in [0.1, 0.15) is 0 Å². The number of halogens is 1. The van der Waals surface area contributed by atoms with Gasteiger partial charge in [-0.2, -0.15) is 0 Å². The van der Waals surface area contributed by atoms with E-state index in [4.69, 9.17) is 10.7 Å². The SMILES string of the molecule is O=[N+]([O-])c1ccc2cc(S(=O)(=O)Cl)ccc2c1. The molecule has 0 unspecified atom stereocenters. The average Bonchev–Trinajstić information content (AvgIpc) is 2.26. The molecule has 0 heterocycles. The Kier molecular flexibility index (Phi) is 2.76. The van der Waals surface area contributed by atoms with Gasteiger partial charge in [0.2, 0.25) is 0 Å². The average molecular weight is 272 g/mol. The molecule has 0 fully saturated rings. The second-order valence-electron chi connectivity index (χ2n) is 3.39. The number of rotatable bonds is 2. The lowest BCUT2D eigenvalue weighted by Crippen LogP contribution is -1.91. The molecular weight excluding hydrogens is 266 g/mol. The first-order valence-electron chi connectivity index (χ1n) is 4.51. The molecular formula is C10H6ClNO4S. The summed E-state index contributed by atoms with van der Waals surface area (Å²) in [5, 5.41) is 11.7. The van der Waals surface area contributed by atoms with E-state index in [9.17, 15) is 18.5 Å². The van der Waals surface area contributed by atoms with Gasteiger partial charge in [-0.1, -0.05) is 6.07 Å². The van der Waals surface area contributed by atoms with Gasteiger partial charge in [0.15, 0.2) is 0 Å². The largest absolute Gasteiger partial charge is 0.270 e. The van der Waals surface area contributed by atoms with Gasteiger partial charge in [0.1, 0.15) is 0 Å². The van der Waals surface area contributed by atoms with Gasteiger partial charge in [0.05, 0.1) is 9.82 Å². The number of nitro benzene ring substituents is 1. The molecule has 2 aromatic rings. The fraction of sp³-hybridized carbons (Fsp3) is 0. The van der Waals surface area contributed by atoms with E-state index in [0.29, 0.717) is 10.8 Å². The molecule has 0 aliphatic heterocycles. The van der Waals surface area contributed by atoms with Crippen LogP contribution in [-0.4, -0.2) is 13.3 Å². The molecule has 2 aromatic carbocycles. The van der Waals surface area contributed by atoms with Crippen LogP contribution in [0.3, 0.4) is 0 Å². The maximum absolute atomic E-state index is 11.1. The Labute approximate surface area is 101 Å². The van der Waals surface area contributed by atoms with Crippen molar-refractivity contribution in [3.05, 3.63) is 46.5 Å². The van der Waals surface area contributed by atoms with Crippen molar-refractivity contribution in [2.45, 2.75) is 4.90 Å². The van der Waals surface area contributed by atoms with E-state index in [2.05, 4.69) is 0 Å². The van der Waals surface area contributed by atoms with Crippen molar-refractivity contribution in [2.75, 3.05) is 0 Å². The maximum Gasteiger partial charge on any atom is 0.270 e. The Morgan fingerprint density at radius 3 is 2.24 bits per heavy atom. The predicted octanol–water partition coefficient (Wildman–Crippen LogP) is 2.68. The lowest BCUT2D eigenvalue weighted by atomic mass is 10.1. The van der Waals surface area contributed by atoms with Crippen LogP contribution in [-0.2, 0) is 9.05 Å². The van der Waals surface area contributed by atoms with Gasteiger partial charge < -0.3 is 0 Å². The number of nitro groups is 1. The predicted molar refractivity (Wildman–Crippen MR) is 63.6 cm³/mol. The van der Waals surface area contributed by atoms with E-state index in [1.165, 1.54) is 36.4 Å². The number of benzene rings is 2. The molecule has 0 saturated carbocycles. The highest BCUT2D eigenvalue weighted by Gasteiger charge is 2.11. The van der Waals surface area contributed by atoms with Crippen molar-refractivity contribution in [1.82, 2.24) is 0 Å². The van der Waals surface area contributed by atoms with Crippen LogP contribution in [0.5, 0.6) is 0 Å². The molecule has 0 bridgehead atoms. The molecule has 0 aliphatic carbocycles. The van der Waals surface area contributed by atoms with Crippen LogP contribution >= 0.6 is 10.7 Å². The molecule has 0 spiro atoms. The summed E-state index contributed by atoms with van der Waals surface area (Å²) in [7, 11) is 1.42. The van der Waals surface area contributed by atoms with Crippen molar-refractivity contribution in [3.8, 4) is 0 Å². The number of hydrogen-bond acceptors (Lipinski definition) is 4. The monoisotopic (exact) mass is 271 g/mol. The molecule has 17 heavy (non-hydrogen) atoms. The zero-order valence-corrected chi connectivity index (χ0v) is 9.90. The van der Waals surface area contributed by atoms with E-state index in [0.717, 1.165) is 0 Å². The molecule has 7 heteroatoms. The van der Waals surface area contributed by atoms with Crippen LogP contribution in [0.25, 0.3) is 10.8 Å². The van der Waals surface area contributed by atoms with E-state index >= 15 is 0 Å². The van der Waals surface area contributed by atoms with Gasteiger partial charge in [-0.05, 0) is 29.0 Å². The maximum atomic E-state index is 11.1. The Bertz CT molecular complexity index is 711. The standard InChI is InChI=1S/C10H6ClNO4S/c11-17(15,16)10-4-2-7-5-9(12(13)14)3-1-8(7)6-10/h1-6H. The quantitative estimate of drug-likeness (QED) is 0.478. The van der Waals surface area contributed by atoms with Crippen molar-refractivity contribution >= 4 is 36.2 Å². The normalized spacial score (nSPS) is 11.6. The first kappa shape index (κ1) is 11.8. The van der Waals surface area contributed by atoms with Crippen molar-refractivity contribution in [3.63, 3.8) is 0 Å². The van der Waals surface area contributed by atoms with E-state index < -0.39 is 14.0 Å².